The van der Waals surface area contributed by atoms with E-state index in [9.17, 15) is 9.90 Å². The molecule has 0 radical (unpaired) electrons. The van der Waals surface area contributed by atoms with Crippen LogP contribution in [0.5, 0.6) is 0 Å². The quantitative estimate of drug-likeness (QED) is 0.418. The number of benzene rings is 1. The zero-order valence-corrected chi connectivity index (χ0v) is 25.3. The number of carbonyl (C=O) groups excluding carboxylic acids is 1. The van der Waals surface area contributed by atoms with Crippen molar-refractivity contribution in [1.29, 1.82) is 0 Å². The molecule has 0 aliphatic carbocycles. The van der Waals surface area contributed by atoms with Gasteiger partial charge in [-0.25, -0.2) is 4.79 Å². The van der Waals surface area contributed by atoms with E-state index in [0.29, 0.717) is 48.3 Å². The molecule has 2 saturated heterocycles. The van der Waals surface area contributed by atoms with Crippen LogP contribution >= 0.6 is 0 Å². The Morgan fingerprint density at radius 1 is 1.17 bits per heavy atom. The molecule has 2 aromatic heterocycles. The predicted molar refractivity (Wildman–Crippen MR) is 156 cm³/mol. The Hall–Kier alpha value is -3.30. The van der Waals surface area contributed by atoms with Gasteiger partial charge in [0, 0.05) is 61.5 Å². The number of pyridine rings is 1. The van der Waals surface area contributed by atoms with Crippen molar-refractivity contribution in [2.24, 2.45) is 11.3 Å². The van der Waals surface area contributed by atoms with E-state index in [2.05, 4.69) is 60.0 Å². The van der Waals surface area contributed by atoms with Crippen LogP contribution in [0.25, 0.3) is 11.4 Å². The molecule has 0 saturated carbocycles. The summed E-state index contributed by atoms with van der Waals surface area (Å²) in [7, 11) is 2.07. The van der Waals surface area contributed by atoms with Crippen LogP contribution in [-0.2, 0) is 16.8 Å². The molecule has 5 rings (SSSR count). The molecule has 4 heterocycles. The zero-order valence-electron chi connectivity index (χ0n) is 25.3. The number of amides is 1. The van der Waals surface area contributed by atoms with Crippen LogP contribution in [-0.4, -0.2) is 75.0 Å². The lowest BCUT2D eigenvalue weighted by Crippen LogP contribution is -2.63. The van der Waals surface area contributed by atoms with E-state index in [1.165, 1.54) is 5.56 Å². The number of carbonyl (C=O) groups is 1. The largest absolute Gasteiger partial charge is 0.444 e. The Morgan fingerprint density at radius 2 is 1.88 bits per heavy atom. The van der Waals surface area contributed by atoms with E-state index >= 15 is 0 Å². The Labute approximate surface area is 242 Å². The summed E-state index contributed by atoms with van der Waals surface area (Å²) in [5, 5.41) is 16.8. The van der Waals surface area contributed by atoms with Gasteiger partial charge in [-0.3, -0.25) is 4.98 Å². The molecule has 2 fully saturated rings. The van der Waals surface area contributed by atoms with Gasteiger partial charge in [0.25, 0.3) is 0 Å². The van der Waals surface area contributed by atoms with Crippen molar-refractivity contribution in [3.8, 4) is 11.4 Å². The average Bonchev–Trinajstić information content (AvgIpc) is 3.57. The maximum atomic E-state index is 12.5. The lowest BCUT2D eigenvalue weighted by molar-refractivity contribution is -0.127. The Balaban J connectivity index is 1.36. The van der Waals surface area contributed by atoms with Crippen LogP contribution in [0.1, 0.15) is 76.5 Å². The van der Waals surface area contributed by atoms with Gasteiger partial charge in [-0.15, -0.1) is 0 Å². The summed E-state index contributed by atoms with van der Waals surface area (Å²) in [6.07, 6.45) is 4.59. The second kappa shape index (κ2) is 10.8. The highest BCUT2D eigenvalue weighted by Gasteiger charge is 2.55. The van der Waals surface area contributed by atoms with Crippen LogP contribution in [0.4, 0.5) is 4.79 Å². The van der Waals surface area contributed by atoms with Crippen LogP contribution in [0.3, 0.4) is 0 Å². The highest BCUT2D eigenvalue weighted by atomic mass is 16.6. The van der Waals surface area contributed by atoms with Gasteiger partial charge in [0.2, 0.25) is 11.7 Å². The van der Waals surface area contributed by atoms with E-state index < -0.39 is 16.6 Å². The van der Waals surface area contributed by atoms with E-state index in [4.69, 9.17) is 9.26 Å². The molecule has 0 bridgehead atoms. The van der Waals surface area contributed by atoms with Crippen LogP contribution in [0.2, 0.25) is 0 Å². The lowest BCUT2D eigenvalue weighted by Gasteiger charge is -2.55. The van der Waals surface area contributed by atoms with Crippen molar-refractivity contribution < 1.29 is 19.2 Å². The summed E-state index contributed by atoms with van der Waals surface area (Å²) in [5.74, 6) is 1.58. The van der Waals surface area contributed by atoms with Gasteiger partial charge in [0.15, 0.2) is 0 Å². The number of hydrogen-bond acceptors (Lipinski definition) is 8. The van der Waals surface area contributed by atoms with Crippen LogP contribution in [0.15, 0.2) is 47.2 Å². The molecule has 1 unspecified atom stereocenters. The number of hydrogen-bond donors (Lipinski definition) is 1. The van der Waals surface area contributed by atoms with Crippen molar-refractivity contribution in [2.75, 3.05) is 33.2 Å². The molecule has 0 spiro atoms. The fourth-order valence-corrected chi connectivity index (χ4v) is 6.30. The molecule has 1 aromatic carbocycles. The molecule has 9 nitrogen and oxygen atoms in total. The second-order valence-corrected chi connectivity index (χ2v) is 13.5. The molecule has 2 aliphatic rings. The third kappa shape index (κ3) is 5.88. The van der Waals surface area contributed by atoms with E-state index in [1.54, 1.807) is 17.3 Å². The SMILES string of the molecule is CC(C)c1ccc(C(O)(c2cncc(-c3noc(C[C@H]4CCN(C(=O)OC(C)(C)C)C4)n3)c2)C2(C)CN(C)C2)cc1. The lowest BCUT2D eigenvalue weighted by atomic mass is 9.62. The summed E-state index contributed by atoms with van der Waals surface area (Å²) in [6, 6.07) is 10.2. The smallest absolute Gasteiger partial charge is 0.410 e. The first-order valence-electron chi connectivity index (χ1n) is 14.6. The topological polar surface area (TPSA) is 105 Å². The van der Waals surface area contributed by atoms with Gasteiger partial charge >= 0.3 is 6.09 Å². The molecule has 41 heavy (non-hydrogen) atoms. The monoisotopic (exact) mass is 561 g/mol. The molecule has 1 amide bonds. The first kappa shape index (κ1) is 29.2. The van der Waals surface area contributed by atoms with Gasteiger partial charge in [-0.1, -0.05) is 50.2 Å². The van der Waals surface area contributed by atoms with Gasteiger partial charge in [0.1, 0.15) is 11.2 Å². The molecule has 2 aliphatic heterocycles. The van der Waals surface area contributed by atoms with E-state index in [-0.39, 0.29) is 12.0 Å². The molecule has 2 atom stereocenters. The molecular formula is C32H43N5O4. The minimum Gasteiger partial charge on any atom is -0.444 e. The number of rotatable bonds is 7. The number of aliphatic hydroxyl groups is 1. The summed E-state index contributed by atoms with van der Waals surface area (Å²) in [4.78, 5) is 25.6. The summed E-state index contributed by atoms with van der Waals surface area (Å²) < 4.78 is 11.1. The van der Waals surface area contributed by atoms with Gasteiger partial charge < -0.3 is 24.2 Å². The van der Waals surface area contributed by atoms with Crippen molar-refractivity contribution in [2.45, 2.75) is 71.5 Å². The first-order valence-corrected chi connectivity index (χ1v) is 14.6. The minimum absolute atomic E-state index is 0.217. The van der Waals surface area contributed by atoms with Gasteiger partial charge in [-0.2, -0.15) is 4.98 Å². The molecule has 3 aromatic rings. The summed E-state index contributed by atoms with van der Waals surface area (Å²) in [6.45, 7) is 14.8. The van der Waals surface area contributed by atoms with Crippen molar-refractivity contribution >= 4 is 6.09 Å². The van der Waals surface area contributed by atoms with E-state index in [1.807, 2.05) is 39.0 Å². The number of ether oxygens (including phenoxy) is 1. The maximum absolute atomic E-state index is 12.5. The normalized spacial score (nSPS) is 20.6. The highest BCUT2D eigenvalue weighted by Crippen LogP contribution is 2.50. The molecular weight excluding hydrogens is 518 g/mol. The van der Waals surface area contributed by atoms with Crippen molar-refractivity contribution in [1.82, 2.24) is 24.9 Å². The second-order valence-electron chi connectivity index (χ2n) is 13.5. The Bertz CT molecular complexity index is 1370. The fraction of sp³-hybridized carbons (Fsp3) is 0.562. The van der Waals surface area contributed by atoms with Gasteiger partial charge in [-0.05, 0) is 63.3 Å². The van der Waals surface area contributed by atoms with Gasteiger partial charge in [0.05, 0.1) is 0 Å². The summed E-state index contributed by atoms with van der Waals surface area (Å²) in [5.41, 5.74) is 1.31. The summed E-state index contributed by atoms with van der Waals surface area (Å²) >= 11 is 0. The van der Waals surface area contributed by atoms with E-state index in [0.717, 1.165) is 25.1 Å². The third-order valence-electron chi connectivity index (χ3n) is 8.39. The number of likely N-dealkylation sites (tertiary alicyclic amines) is 2. The molecule has 1 N–H and O–H groups in total. The third-order valence-corrected chi connectivity index (χ3v) is 8.39. The predicted octanol–water partition coefficient (Wildman–Crippen LogP) is 5.24. The molecule has 220 valence electrons. The number of aromatic nitrogens is 3. The minimum atomic E-state index is -1.25. The maximum Gasteiger partial charge on any atom is 0.410 e. The van der Waals surface area contributed by atoms with Crippen LogP contribution in [0, 0.1) is 11.3 Å². The standard InChI is InChI=1S/C32H43N5O4/c1-21(2)23-8-10-25(11-9-23)32(39,31(6)19-36(7)20-31)26-15-24(16-33-17-26)28-34-27(41-35-28)14-22-12-13-37(18-22)29(38)40-30(3,4)5/h8-11,15-17,21-22,39H,12-14,18-20H2,1-7H3/t22-,32?/m1/s1. The average molecular weight is 562 g/mol. The fourth-order valence-electron chi connectivity index (χ4n) is 6.30. The Morgan fingerprint density at radius 3 is 2.51 bits per heavy atom. The highest BCUT2D eigenvalue weighted by molar-refractivity contribution is 5.68. The Kier molecular flexibility index (Phi) is 7.72. The van der Waals surface area contributed by atoms with Crippen LogP contribution < -0.4 is 0 Å². The number of nitrogens with zero attached hydrogens (tertiary/aromatic N) is 5. The molecule has 9 heteroatoms. The van der Waals surface area contributed by atoms with Crippen molar-refractivity contribution in [3.05, 3.63) is 65.3 Å². The first-order chi connectivity index (χ1) is 19.3. The van der Waals surface area contributed by atoms with Crippen molar-refractivity contribution in [3.63, 3.8) is 0 Å². The zero-order chi connectivity index (χ0) is 29.6.